The summed E-state index contributed by atoms with van der Waals surface area (Å²) in [5.41, 5.74) is 0.626. The maximum absolute atomic E-state index is 11.8. The molecule has 0 spiro atoms. The molecule has 3 nitrogen and oxygen atoms in total. The number of rotatable bonds is 3. The Morgan fingerprint density at radius 3 is 2.24 bits per heavy atom. The molecule has 17 heavy (non-hydrogen) atoms. The first kappa shape index (κ1) is 12.1. The molecule has 1 aromatic rings. The molecule has 0 aromatic heterocycles. The standard InChI is InChI=1S/C14H18O3/c1-16-12-7-9-13(10-8-12)17-14(15)11-5-3-2-4-6-11/h2-6,12-13H,7-10H2,1H3. The average Bonchev–Trinajstić information content (AvgIpc) is 2.40. The van der Waals surface area contributed by atoms with Gasteiger partial charge >= 0.3 is 5.97 Å². The van der Waals surface area contributed by atoms with Crippen LogP contribution in [0.25, 0.3) is 0 Å². The summed E-state index contributed by atoms with van der Waals surface area (Å²) < 4.78 is 10.8. The molecule has 0 atom stereocenters. The fourth-order valence-corrected chi connectivity index (χ4v) is 2.18. The molecular formula is C14H18O3. The Kier molecular flexibility index (Phi) is 4.15. The van der Waals surface area contributed by atoms with Crippen molar-refractivity contribution in [2.75, 3.05) is 7.11 Å². The summed E-state index contributed by atoms with van der Waals surface area (Å²) in [7, 11) is 1.74. The maximum atomic E-state index is 11.8. The van der Waals surface area contributed by atoms with Crippen LogP contribution in [0, 0.1) is 0 Å². The SMILES string of the molecule is COC1CCC(OC(=O)c2ccccc2)CC1. The van der Waals surface area contributed by atoms with Gasteiger partial charge in [0.05, 0.1) is 11.7 Å². The molecule has 1 saturated carbocycles. The van der Waals surface area contributed by atoms with Crippen LogP contribution in [-0.2, 0) is 9.47 Å². The highest BCUT2D eigenvalue weighted by atomic mass is 16.5. The summed E-state index contributed by atoms with van der Waals surface area (Å²) >= 11 is 0. The zero-order valence-electron chi connectivity index (χ0n) is 10.1. The minimum atomic E-state index is -0.216. The quantitative estimate of drug-likeness (QED) is 0.754. The average molecular weight is 234 g/mol. The summed E-state index contributed by atoms with van der Waals surface area (Å²) in [6.45, 7) is 0. The van der Waals surface area contributed by atoms with Crippen LogP contribution in [0.15, 0.2) is 30.3 Å². The van der Waals surface area contributed by atoms with E-state index in [-0.39, 0.29) is 12.1 Å². The van der Waals surface area contributed by atoms with Gasteiger partial charge in [0.1, 0.15) is 6.10 Å². The molecule has 92 valence electrons. The molecule has 0 saturated heterocycles. The molecule has 0 amide bonds. The Balaban J connectivity index is 1.84. The van der Waals surface area contributed by atoms with Gasteiger partial charge in [0, 0.05) is 7.11 Å². The van der Waals surface area contributed by atoms with Gasteiger partial charge in [-0.15, -0.1) is 0 Å². The van der Waals surface area contributed by atoms with E-state index in [2.05, 4.69) is 0 Å². The second-order valence-electron chi connectivity index (χ2n) is 4.41. The third-order valence-electron chi connectivity index (χ3n) is 3.24. The molecular weight excluding hydrogens is 216 g/mol. The van der Waals surface area contributed by atoms with Gasteiger partial charge in [-0.1, -0.05) is 18.2 Å². The summed E-state index contributed by atoms with van der Waals surface area (Å²) in [6, 6.07) is 9.14. The lowest BCUT2D eigenvalue weighted by Gasteiger charge is -2.27. The Morgan fingerprint density at radius 1 is 1.06 bits per heavy atom. The molecule has 1 aliphatic rings. The zero-order chi connectivity index (χ0) is 12.1. The number of benzene rings is 1. The van der Waals surface area contributed by atoms with E-state index < -0.39 is 0 Å². The summed E-state index contributed by atoms with van der Waals surface area (Å²) in [5.74, 6) is -0.216. The summed E-state index contributed by atoms with van der Waals surface area (Å²) in [5, 5.41) is 0. The van der Waals surface area contributed by atoms with Crippen LogP contribution in [0.1, 0.15) is 36.0 Å². The van der Waals surface area contributed by atoms with E-state index in [1.807, 2.05) is 18.2 Å². The fourth-order valence-electron chi connectivity index (χ4n) is 2.18. The largest absolute Gasteiger partial charge is 0.459 e. The van der Waals surface area contributed by atoms with Crippen LogP contribution in [0.2, 0.25) is 0 Å². The summed E-state index contributed by atoms with van der Waals surface area (Å²) in [6.07, 6.45) is 4.14. The fraction of sp³-hybridized carbons (Fsp3) is 0.500. The van der Waals surface area contributed by atoms with Gasteiger partial charge in [-0.25, -0.2) is 4.79 Å². The van der Waals surface area contributed by atoms with Gasteiger partial charge in [-0.3, -0.25) is 0 Å². The van der Waals surface area contributed by atoms with Gasteiger partial charge in [0.25, 0.3) is 0 Å². The van der Waals surface area contributed by atoms with Crippen LogP contribution >= 0.6 is 0 Å². The number of esters is 1. The third kappa shape index (κ3) is 3.30. The molecule has 0 N–H and O–H groups in total. The third-order valence-corrected chi connectivity index (χ3v) is 3.24. The molecule has 2 rings (SSSR count). The Morgan fingerprint density at radius 2 is 1.65 bits per heavy atom. The highest BCUT2D eigenvalue weighted by molar-refractivity contribution is 5.89. The van der Waals surface area contributed by atoms with Crippen molar-refractivity contribution < 1.29 is 14.3 Å². The first-order chi connectivity index (χ1) is 8.29. The van der Waals surface area contributed by atoms with Crippen molar-refractivity contribution >= 4 is 5.97 Å². The van der Waals surface area contributed by atoms with Crippen LogP contribution in [0.4, 0.5) is 0 Å². The van der Waals surface area contributed by atoms with Crippen molar-refractivity contribution in [3.8, 4) is 0 Å². The lowest BCUT2D eigenvalue weighted by atomic mass is 9.95. The number of hydrogen-bond acceptors (Lipinski definition) is 3. The number of ether oxygens (including phenoxy) is 2. The molecule has 0 heterocycles. The zero-order valence-corrected chi connectivity index (χ0v) is 10.1. The molecule has 0 bridgehead atoms. The van der Waals surface area contributed by atoms with Gasteiger partial charge in [0.15, 0.2) is 0 Å². The Labute approximate surface area is 102 Å². The molecule has 0 unspecified atom stereocenters. The normalized spacial score (nSPS) is 24.3. The van der Waals surface area contributed by atoms with Crippen molar-refractivity contribution in [1.82, 2.24) is 0 Å². The van der Waals surface area contributed by atoms with E-state index in [4.69, 9.17) is 9.47 Å². The molecule has 1 fully saturated rings. The maximum Gasteiger partial charge on any atom is 0.338 e. The number of methoxy groups -OCH3 is 1. The van der Waals surface area contributed by atoms with Crippen LogP contribution < -0.4 is 0 Å². The van der Waals surface area contributed by atoms with Crippen molar-refractivity contribution in [3.05, 3.63) is 35.9 Å². The monoisotopic (exact) mass is 234 g/mol. The van der Waals surface area contributed by atoms with E-state index in [9.17, 15) is 4.79 Å². The van der Waals surface area contributed by atoms with E-state index in [1.54, 1.807) is 19.2 Å². The predicted molar refractivity (Wildman–Crippen MR) is 64.9 cm³/mol. The number of hydrogen-bond donors (Lipinski definition) is 0. The highest BCUT2D eigenvalue weighted by Gasteiger charge is 2.23. The van der Waals surface area contributed by atoms with Crippen LogP contribution in [0.3, 0.4) is 0 Å². The topological polar surface area (TPSA) is 35.5 Å². The molecule has 0 radical (unpaired) electrons. The van der Waals surface area contributed by atoms with Crippen molar-refractivity contribution in [3.63, 3.8) is 0 Å². The first-order valence-corrected chi connectivity index (χ1v) is 6.08. The minimum Gasteiger partial charge on any atom is -0.459 e. The van der Waals surface area contributed by atoms with Crippen molar-refractivity contribution in [2.24, 2.45) is 0 Å². The molecule has 0 aliphatic heterocycles. The number of carbonyl (C=O) groups excluding carboxylic acids is 1. The van der Waals surface area contributed by atoms with Gasteiger partial charge in [-0.2, -0.15) is 0 Å². The van der Waals surface area contributed by atoms with Crippen LogP contribution in [0.5, 0.6) is 0 Å². The van der Waals surface area contributed by atoms with E-state index >= 15 is 0 Å². The van der Waals surface area contributed by atoms with Crippen LogP contribution in [-0.4, -0.2) is 25.3 Å². The van der Waals surface area contributed by atoms with Crippen molar-refractivity contribution in [2.45, 2.75) is 37.9 Å². The van der Waals surface area contributed by atoms with E-state index in [1.165, 1.54) is 0 Å². The number of carbonyl (C=O) groups is 1. The lowest BCUT2D eigenvalue weighted by Crippen LogP contribution is -2.27. The van der Waals surface area contributed by atoms with E-state index in [0.717, 1.165) is 25.7 Å². The Bertz CT molecular complexity index is 353. The summed E-state index contributed by atoms with van der Waals surface area (Å²) in [4.78, 5) is 11.8. The first-order valence-electron chi connectivity index (χ1n) is 6.08. The molecule has 1 aromatic carbocycles. The van der Waals surface area contributed by atoms with E-state index in [0.29, 0.717) is 11.7 Å². The smallest absolute Gasteiger partial charge is 0.338 e. The molecule has 1 aliphatic carbocycles. The Hall–Kier alpha value is -1.35. The molecule has 3 heteroatoms. The second-order valence-corrected chi connectivity index (χ2v) is 4.41. The minimum absolute atomic E-state index is 0.0501. The second kappa shape index (κ2) is 5.82. The van der Waals surface area contributed by atoms with Gasteiger partial charge in [0.2, 0.25) is 0 Å². The van der Waals surface area contributed by atoms with Crippen molar-refractivity contribution in [1.29, 1.82) is 0 Å². The highest BCUT2D eigenvalue weighted by Crippen LogP contribution is 2.23. The van der Waals surface area contributed by atoms with Gasteiger partial charge in [-0.05, 0) is 37.8 Å². The lowest BCUT2D eigenvalue weighted by molar-refractivity contribution is -0.00540. The van der Waals surface area contributed by atoms with Gasteiger partial charge < -0.3 is 9.47 Å². The predicted octanol–water partition coefficient (Wildman–Crippen LogP) is 2.80.